The van der Waals surface area contributed by atoms with E-state index >= 15 is 0 Å². The summed E-state index contributed by atoms with van der Waals surface area (Å²) in [5.74, 6) is 2.05. The van der Waals surface area contributed by atoms with Crippen LogP contribution in [-0.2, 0) is 5.72 Å². The van der Waals surface area contributed by atoms with Gasteiger partial charge in [-0.25, -0.2) is 9.48 Å². The predicted molar refractivity (Wildman–Crippen MR) is 104 cm³/mol. The van der Waals surface area contributed by atoms with E-state index in [1.54, 1.807) is 7.11 Å². The van der Waals surface area contributed by atoms with Crippen LogP contribution in [0.25, 0.3) is 0 Å². The number of anilines is 1. The number of aliphatic hydroxyl groups is 1. The van der Waals surface area contributed by atoms with Gasteiger partial charge in [-0.3, -0.25) is 0 Å². The topological polar surface area (TPSA) is 35.7 Å². The fourth-order valence-electron chi connectivity index (χ4n) is 4.23. The Hall–Kier alpha value is -2.33. The first-order valence-corrected chi connectivity index (χ1v) is 9.38. The molecule has 0 aliphatic carbocycles. The van der Waals surface area contributed by atoms with Crippen LogP contribution in [-0.4, -0.2) is 35.7 Å². The summed E-state index contributed by atoms with van der Waals surface area (Å²) in [4.78, 5) is 2.33. The van der Waals surface area contributed by atoms with Gasteiger partial charge in [0.2, 0.25) is 0 Å². The fraction of sp³-hybridized carbons (Fsp3) is 0.409. The molecule has 0 aromatic heterocycles. The van der Waals surface area contributed by atoms with Crippen molar-refractivity contribution in [1.29, 1.82) is 0 Å². The number of ether oxygens (including phenoxy) is 1. The van der Waals surface area contributed by atoms with Crippen LogP contribution < -0.4 is 9.64 Å². The summed E-state index contributed by atoms with van der Waals surface area (Å²) in [5.41, 5.74) is 3.61. The molecule has 2 heterocycles. The Bertz CT molecular complexity index is 857. The second-order valence-corrected chi connectivity index (χ2v) is 7.45. The van der Waals surface area contributed by atoms with Crippen LogP contribution in [0.2, 0.25) is 0 Å². The molecule has 0 saturated carbocycles. The molecule has 4 nitrogen and oxygen atoms in total. The highest BCUT2D eigenvalue weighted by atomic mass is 16.5. The molecule has 2 aliphatic rings. The Kier molecular flexibility index (Phi) is 4.23. The standard InChI is InChI=1S/C22H27N2O2/c1-16-7-8-17(2)20(14-16)23-15-22(25,24-13-5-4-6-21(23)24)18-9-11-19(26-3)12-10-18/h7-12,14,25H,4-6,13,15H2,1-3H3/q+1/t22-/m1/s1. The van der Waals surface area contributed by atoms with Crippen molar-refractivity contribution in [3.05, 3.63) is 59.2 Å². The Morgan fingerprint density at radius 2 is 1.85 bits per heavy atom. The average molecular weight is 351 g/mol. The van der Waals surface area contributed by atoms with Gasteiger partial charge < -0.3 is 9.84 Å². The summed E-state index contributed by atoms with van der Waals surface area (Å²) < 4.78 is 7.49. The molecule has 0 unspecified atom stereocenters. The van der Waals surface area contributed by atoms with Crippen molar-refractivity contribution in [1.82, 2.24) is 0 Å². The first kappa shape index (κ1) is 17.1. The third kappa shape index (κ3) is 2.69. The number of nitrogens with zero attached hydrogens (tertiary/aromatic N) is 2. The molecule has 26 heavy (non-hydrogen) atoms. The van der Waals surface area contributed by atoms with E-state index in [2.05, 4.69) is 41.5 Å². The first-order chi connectivity index (χ1) is 12.5. The predicted octanol–water partition coefficient (Wildman–Crippen LogP) is 3.57. The summed E-state index contributed by atoms with van der Waals surface area (Å²) in [6.45, 7) is 5.71. The van der Waals surface area contributed by atoms with Crippen LogP contribution in [0.1, 0.15) is 36.0 Å². The molecular weight excluding hydrogens is 324 g/mol. The normalized spacial score (nSPS) is 22.5. The maximum Gasteiger partial charge on any atom is 0.271 e. The number of hydrogen-bond donors (Lipinski definition) is 1. The van der Waals surface area contributed by atoms with Gasteiger partial charge in [0.1, 0.15) is 11.4 Å². The Morgan fingerprint density at radius 3 is 2.58 bits per heavy atom. The lowest BCUT2D eigenvalue weighted by molar-refractivity contribution is -0.661. The lowest BCUT2D eigenvalue weighted by atomic mass is 10.0. The molecule has 0 fully saturated rings. The number of β-amino-alcohol motifs (C(OH)–C–C–N with tert-alkyl or cyclic N) is 1. The maximum absolute atomic E-state index is 11.7. The van der Waals surface area contributed by atoms with Gasteiger partial charge in [-0.05, 0) is 68.1 Å². The molecule has 0 radical (unpaired) electrons. The minimum Gasteiger partial charge on any atom is -0.497 e. The molecule has 1 atom stereocenters. The first-order valence-electron chi connectivity index (χ1n) is 9.38. The largest absolute Gasteiger partial charge is 0.497 e. The van der Waals surface area contributed by atoms with Gasteiger partial charge in [0.25, 0.3) is 11.6 Å². The van der Waals surface area contributed by atoms with Crippen molar-refractivity contribution < 1.29 is 14.4 Å². The summed E-state index contributed by atoms with van der Waals surface area (Å²) in [6.07, 6.45) is 3.29. The molecule has 0 amide bonds. The van der Waals surface area contributed by atoms with Crippen molar-refractivity contribution >= 4 is 11.5 Å². The highest BCUT2D eigenvalue weighted by molar-refractivity contribution is 5.96. The number of amidine groups is 1. The SMILES string of the molecule is COc1ccc([C@]2(O)CN(c3cc(C)ccc3C)C3=[N+]2CCCC3)cc1. The highest BCUT2D eigenvalue weighted by Gasteiger charge is 2.52. The quantitative estimate of drug-likeness (QED) is 0.859. The molecule has 1 N–H and O–H groups in total. The van der Waals surface area contributed by atoms with Gasteiger partial charge in [-0.2, -0.15) is 0 Å². The van der Waals surface area contributed by atoms with Crippen LogP contribution in [0, 0.1) is 13.8 Å². The van der Waals surface area contributed by atoms with Gasteiger partial charge >= 0.3 is 0 Å². The van der Waals surface area contributed by atoms with E-state index in [9.17, 15) is 5.11 Å². The van der Waals surface area contributed by atoms with E-state index in [-0.39, 0.29) is 0 Å². The van der Waals surface area contributed by atoms with Gasteiger partial charge in [-0.1, -0.05) is 12.1 Å². The minimum absolute atomic E-state index is 0.555. The van der Waals surface area contributed by atoms with E-state index in [1.807, 2.05) is 24.3 Å². The van der Waals surface area contributed by atoms with Crippen molar-refractivity contribution in [3.63, 3.8) is 0 Å². The molecule has 0 spiro atoms. The second kappa shape index (κ2) is 6.44. The zero-order valence-corrected chi connectivity index (χ0v) is 15.8. The van der Waals surface area contributed by atoms with Gasteiger partial charge in [0, 0.05) is 12.0 Å². The second-order valence-electron chi connectivity index (χ2n) is 7.45. The number of benzene rings is 2. The molecule has 4 rings (SSSR count). The lowest BCUT2D eigenvalue weighted by Gasteiger charge is -2.24. The molecular formula is C22H27N2O2+. The summed E-state index contributed by atoms with van der Waals surface area (Å²) in [5, 5.41) is 11.7. The Morgan fingerprint density at radius 1 is 1.08 bits per heavy atom. The van der Waals surface area contributed by atoms with Crippen LogP contribution in [0.5, 0.6) is 5.75 Å². The molecule has 2 aliphatic heterocycles. The van der Waals surface area contributed by atoms with Gasteiger partial charge in [-0.15, -0.1) is 0 Å². The van der Waals surface area contributed by atoms with Gasteiger partial charge in [0.05, 0.1) is 13.7 Å². The zero-order valence-electron chi connectivity index (χ0n) is 15.8. The number of hydrogen-bond acceptors (Lipinski definition) is 3. The molecule has 2 aromatic rings. The average Bonchev–Trinajstić information content (AvgIpc) is 2.98. The molecule has 0 bridgehead atoms. The molecule has 136 valence electrons. The number of methoxy groups -OCH3 is 1. The summed E-state index contributed by atoms with van der Waals surface area (Å²) >= 11 is 0. The number of aryl methyl sites for hydroxylation is 2. The lowest BCUT2D eigenvalue weighted by Crippen LogP contribution is -2.41. The molecule has 2 aromatic carbocycles. The highest BCUT2D eigenvalue weighted by Crippen LogP contribution is 2.37. The van der Waals surface area contributed by atoms with E-state index < -0.39 is 5.72 Å². The molecule has 4 heteroatoms. The third-order valence-corrected chi connectivity index (χ3v) is 5.69. The number of rotatable bonds is 3. The smallest absolute Gasteiger partial charge is 0.271 e. The van der Waals surface area contributed by atoms with Crippen LogP contribution >= 0.6 is 0 Å². The van der Waals surface area contributed by atoms with Crippen molar-refractivity contribution in [2.45, 2.75) is 38.8 Å². The maximum atomic E-state index is 11.7. The van der Waals surface area contributed by atoms with E-state index in [4.69, 9.17) is 4.74 Å². The van der Waals surface area contributed by atoms with Crippen molar-refractivity contribution in [2.24, 2.45) is 0 Å². The van der Waals surface area contributed by atoms with Gasteiger partial charge in [0.15, 0.2) is 6.54 Å². The fourth-order valence-corrected chi connectivity index (χ4v) is 4.23. The van der Waals surface area contributed by atoms with Crippen molar-refractivity contribution in [2.75, 3.05) is 25.1 Å². The van der Waals surface area contributed by atoms with Crippen LogP contribution in [0.4, 0.5) is 5.69 Å². The monoisotopic (exact) mass is 351 g/mol. The Labute approximate surface area is 155 Å². The third-order valence-electron chi connectivity index (χ3n) is 5.69. The summed E-state index contributed by atoms with van der Waals surface area (Å²) in [6, 6.07) is 14.4. The van der Waals surface area contributed by atoms with E-state index in [1.165, 1.54) is 29.1 Å². The van der Waals surface area contributed by atoms with Crippen LogP contribution in [0.15, 0.2) is 42.5 Å². The zero-order chi connectivity index (χ0) is 18.3. The van der Waals surface area contributed by atoms with E-state index in [0.29, 0.717) is 6.54 Å². The van der Waals surface area contributed by atoms with E-state index in [0.717, 1.165) is 30.7 Å². The minimum atomic E-state index is -1.00. The molecule has 0 saturated heterocycles. The van der Waals surface area contributed by atoms with Crippen molar-refractivity contribution in [3.8, 4) is 5.75 Å². The Balaban J connectivity index is 1.80. The van der Waals surface area contributed by atoms with Crippen LogP contribution in [0.3, 0.4) is 0 Å². The summed E-state index contributed by atoms with van der Waals surface area (Å²) in [7, 11) is 1.66.